The number of thioether (sulfide) groups is 1. The molecule has 174 valence electrons. The predicted octanol–water partition coefficient (Wildman–Crippen LogP) is 4.81. The Labute approximate surface area is 196 Å². The molecule has 1 amide bonds. The van der Waals surface area contributed by atoms with Crippen LogP contribution in [0.1, 0.15) is 21.7 Å². The van der Waals surface area contributed by atoms with Crippen LogP contribution in [0.25, 0.3) is 5.69 Å². The zero-order valence-corrected chi connectivity index (χ0v) is 18.5. The van der Waals surface area contributed by atoms with Gasteiger partial charge in [-0.15, -0.1) is 18.3 Å². The molecule has 0 aliphatic heterocycles. The highest BCUT2D eigenvalue weighted by Gasteiger charge is 2.31. The molecule has 0 saturated heterocycles. The number of amides is 1. The number of rotatable bonds is 7. The number of alkyl halides is 3. The topological polar surface area (TPSA) is 94.8 Å². The molecule has 2 heterocycles. The van der Waals surface area contributed by atoms with Crippen molar-refractivity contribution in [2.75, 3.05) is 5.32 Å². The van der Waals surface area contributed by atoms with Crippen molar-refractivity contribution in [2.24, 2.45) is 0 Å². The highest BCUT2D eigenvalue weighted by Crippen LogP contribution is 2.26. The van der Waals surface area contributed by atoms with Crippen LogP contribution in [0.15, 0.2) is 72.1 Å². The van der Waals surface area contributed by atoms with E-state index in [0.29, 0.717) is 16.6 Å². The minimum absolute atomic E-state index is 0.0691. The summed E-state index contributed by atoms with van der Waals surface area (Å²) in [5.74, 6) is -0.658. The summed E-state index contributed by atoms with van der Waals surface area (Å²) in [6, 6.07) is 14.1. The van der Waals surface area contributed by atoms with Crippen molar-refractivity contribution in [1.29, 1.82) is 0 Å². The normalized spacial score (nSPS) is 11.3. The maximum Gasteiger partial charge on any atom is 0.573 e. The van der Waals surface area contributed by atoms with E-state index in [9.17, 15) is 18.0 Å². The molecule has 0 aliphatic rings. The highest BCUT2D eigenvalue weighted by molar-refractivity contribution is 7.98. The van der Waals surface area contributed by atoms with Crippen LogP contribution in [0.2, 0.25) is 0 Å². The van der Waals surface area contributed by atoms with Crippen molar-refractivity contribution in [1.82, 2.24) is 25.0 Å². The Bertz CT molecular complexity index is 1260. The molecule has 0 radical (unpaired) electrons. The SMILES string of the molecule is Cc1ccc(-n2nnc(C(=O)Nc3ccc(OC(F)(F)F)cc3)c2CSc2ncccn2)cc1. The van der Waals surface area contributed by atoms with E-state index < -0.39 is 18.0 Å². The van der Waals surface area contributed by atoms with Crippen LogP contribution in [-0.4, -0.2) is 37.2 Å². The second-order valence-corrected chi connectivity index (χ2v) is 7.92. The highest BCUT2D eigenvalue weighted by atomic mass is 32.2. The Hall–Kier alpha value is -3.93. The Balaban J connectivity index is 1.58. The molecule has 0 spiro atoms. The van der Waals surface area contributed by atoms with Crippen LogP contribution in [0.4, 0.5) is 18.9 Å². The molecular weight excluding hydrogens is 469 g/mol. The average molecular weight is 486 g/mol. The molecule has 1 N–H and O–H groups in total. The van der Waals surface area contributed by atoms with E-state index >= 15 is 0 Å². The van der Waals surface area contributed by atoms with Gasteiger partial charge in [-0.05, 0) is 49.4 Å². The van der Waals surface area contributed by atoms with E-state index in [4.69, 9.17) is 0 Å². The number of halogens is 3. The van der Waals surface area contributed by atoms with Gasteiger partial charge in [-0.3, -0.25) is 4.79 Å². The molecule has 34 heavy (non-hydrogen) atoms. The Morgan fingerprint density at radius 2 is 1.74 bits per heavy atom. The fraction of sp³-hybridized carbons (Fsp3) is 0.136. The fourth-order valence-corrected chi connectivity index (χ4v) is 3.72. The number of carbonyl (C=O) groups excluding carboxylic acids is 1. The summed E-state index contributed by atoms with van der Waals surface area (Å²) >= 11 is 1.31. The number of benzene rings is 2. The summed E-state index contributed by atoms with van der Waals surface area (Å²) in [6.07, 6.45) is -1.57. The number of aromatic nitrogens is 5. The third-order valence-electron chi connectivity index (χ3n) is 4.48. The Morgan fingerprint density at radius 1 is 1.06 bits per heavy atom. The quantitative estimate of drug-likeness (QED) is 0.296. The maximum atomic E-state index is 13.0. The van der Waals surface area contributed by atoms with Crippen LogP contribution < -0.4 is 10.1 Å². The number of ether oxygens (including phenoxy) is 1. The number of aryl methyl sites for hydroxylation is 1. The first-order valence-electron chi connectivity index (χ1n) is 9.87. The van der Waals surface area contributed by atoms with Crippen molar-refractivity contribution < 1.29 is 22.7 Å². The summed E-state index contributed by atoms with van der Waals surface area (Å²) in [6.45, 7) is 1.96. The lowest BCUT2D eigenvalue weighted by Crippen LogP contribution is -2.17. The van der Waals surface area contributed by atoms with E-state index in [0.717, 1.165) is 23.4 Å². The molecule has 0 fully saturated rings. The largest absolute Gasteiger partial charge is 0.573 e. The molecule has 0 atom stereocenters. The third kappa shape index (κ3) is 5.90. The van der Waals surface area contributed by atoms with E-state index in [-0.39, 0.29) is 11.4 Å². The predicted molar refractivity (Wildman–Crippen MR) is 119 cm³/mol. The minimum Gasteiger partial charge on any atom is -0.406 e. The fourth-order valence-electron chi connectivity index (χ4n) is 2.92. The van der Waals surface area contributed by atoms with Crippen molar-refractivity contribution in [3.63, 3.8) is 0 Å². The summed E-state index contributed by atoms with van der Waals surface area (Å²) < 4.78 is 42.5. The minimum atomic E-state index is -4.80. The molecule has 0 aliphatic carbocycles. The average Bonchev–Trinajstić information content (AvgIpc) is 3.23. The number of hydrogen-bond acceptors (Lipinski definition) is 7. The molecule has 8 nitrogen and oxygen atoms in total. The molecule has 2 aromatic carbocycles. The van der Waals surface area contributed by atoms with Gasteiger partial charge in [-0.25, -0.2) is 14.6 Å². The van der Waals surface area contributed by atoms with Gasteiger partial charge in [0, 0.05) is 23.8 Å². The van der Waals surface area contributed by atoms with Crippen LogP contribution in [0.5, 0.6) is 5.75 Å². The van der Waals surface area contributed by atoms with Gasteiger partial charge in [0.1, 0.15) is 5.75 Å². The van der Waals surface area contributed by atoms with Crippen LogP contribution in [-0.2, 0) is 5.75 Å². The molecule has 0 saturated carbocycles. The van der Waals surface area contributed by atoms with E-state index in [1.54, 1.807) is 23.1 Å². The van der Waals surface area contributed by atoms with Crippen LogP contribution in [0.3, 0.4) is 0 Å². The van der Waals surface area contributed by atoms with Gasteiger partial charge in [0.25, 0.3) is 5.91 Å². The van der Waals surface area contributed by atoms with Gasteiger partial charge >= 0.3 is 6.36 Å². The lowest BCUT2D eigenvalue weighted by Gasteiger charge is -2.10. The molecular formula is C22H17F3N6O2S. The first-order valence-corrected chi connectivity index (χ1v) is 10.9. The lowest BCUT2D eigenvalue weighted by atomic mass is 10.2. The second kappa shape index (κ2) is 9.91. The number of nitrogens with one attached hydrogen (secondary N) is 1. The zero-order valence-electron chi connectivity index (χ0n) is 17.7. The smallest absolute Gasteiger partial charge is 0.406 e. The molecule has 0 unspecified atom stereocenters. The Kier molecular flexibility index (Phi) is 6.77. The van der Waals surface area contributed by atoms with Crippen LogP contribution in [0, 0.1) is 6.92 Å². The number of carbonyl (C=O) groups is 1. The summed E-state index contributed by atoms with van der Waals surface area (Å²) in [7, 11) is 0. The van der Waals surface area contributed by atoms with Gasteiger partial charge in [0.2, 0.25) is 0 Å². The molecule has 4 rings (SSSR count). The first kappa shape index (κ1) is 23.2. The zero-order chi connectivity index (χ0) is 24.1. The van der Waals surface area contributed by atoms with Crippen LogP contribution >= 0.6 is 11.8 Å². The molecule has 0 bridgehead atoms. The van der Waals surface area contributed by atoms with Crippen molar-refractivity contribution in [2.45, 2.75) is 24.2 Å². The number of nitrogens with zero attached hydrogens (tertiary/aromatic N) is 5. The molecule has 12 heteroatoms. The van der Waals surface area contributed by atoms with Crippen molar-refractivity contribution in [3.05, 3.63) is 83.9 Å². The van der Waals surface area contributed by atoms with E-state index in [1.807, 2.05) is 31.2 Å². The van der Waals surface area contributed by atoms with E-state index in [2.05, 4.69) is 30.3 Å². The molecule has 4 aromatic rings. The van der Waals surface area contributed by atoms with Gasteiger partial charge in [0.05, 0.1) is 11.4 Å². The van der Waals surface area contributed by atoms with Crippen molar-refractivity contribution >= 4 is 23.4 Å². The summed E-state index contributed by atoms with van der Waals surface area (Å²) in [5, 5.41) is 11.4. The standard InChI is InChI=1S/C22H17F3N6O2S/c1-14-3-7-16(8-4-14)31-18(13-34-21-26-11-2-12-27-21)19(29-30-31)20(32)28-15-5-9-17(10-6-15)33-22(23,24)25/h2-12H,13H2,1H3,(H,28,32). The monoisotopic (exact) mass is 486 g/mol. The second-order valence-electron chi connectivity index (χ2n) is 6.98. The van der Waals surface area contributed by atoms with Crippen molar-refractivity contribution in [3.8, 4) is 11.4 Å². The maximum absolute atomic E-state index is 13.0. The van der Waals surface area contributed by atoms with Gasteiger partial charge < -0.3 is 10.1 Å². The third-order valence-corrected chi connectivity index (χ3v) is 5.37. The molecule has 2 aromatic heterocycles. The lowest BCUT2D eigenvalue weighted by molar-refractivity contribution is -0.274. The van der Waals surface area contributed by atoms with E-state index in [1.165, 1.54) is 23.9 Å². The number of anilines is 1. The summed E-state index contributed by atoms with van der Waals surface area (Å²) in [5.41, 5.74) is 2.63. The number of hydrogen-bond donors (Lipinski definition) is 1. The Morgan fingerprint density at radius 3 is 2.38 bits per heavy atom. The van der Waals surface area contributed by atoms with Gasteiger partial charge in [-0.2, -0.15) is 0 Å². The first-order chi connectivity index (χ1) is 16.3. The summed E-state index contributed by atoms with van der Waals surface area (Å²) in [4.78, 5) is 21.3. The van der Waals surface area contributed by atoms with Gasteiger partial charge in [0.15, 0.2) is 10.9 Å². The van der Waals surface area contributed by atoms with Gasteiger partial charge in [-0.1, -0.05) is 34.7 Å².